The number of hydrogen-bond acceptors (Lipinski definition) is 3. The maximum Gasteiger partial charge on any atom is 0.240 e. The molecule has 1 N–H and O–H groups in total. The molecule has 4 nitrogen and oxygen atoms in total. The number of nitrogens with zero attached hydrogens (tertiary/aromatic N) is 2. The summed E-state index contributed by atoms with van der Waals surface area (Å²) in [7, 11) is 4.07. The van der Waals surface area contributed by atoms with Gasteiger partial charge in [0.25, 0.3) is 0 Å². The molecule has 2 fully saturated rings. The van der Waals surface area contributed by atoms with Gasteiger partial charge in [0, 0.05) is 18.6 Å². The molecule has 1 aliphatic heterocycles. The maximum absolute atomic E-state index is 12.9. The lowest BCUT2D eigenvalue weighted by Crippen LogP contribution is -2.49. The van der Waals surface area contributed by atoms with Gasteiger partial charge >= 0.3 is 0 Å². The molecular weight excluding hydrogens is 238 g/mol. The van der Waals surface area contributed by atoms with Crippen molar-refractivity contribution in [2.45, 2.75) is 63.6 Å². The molecule has 1 saturated heterocycles. The van der Waals surface area contributed by atoms with Gasteiger partial charge in [0.1, 0.15) is 0 Å². The minimum atomic E-state index is 0.0607. The Morgan fingerprint density at radius 3 is 2.58 bits per heavy atom. The Labute approximate surface area is 117 Å². The van der Waals surface area contributed by atoms with Crippen LogP contribution < -0.4 is 5.32 Å². The van der Waals surface area contributed by atoms with Gasteiger partial charge in [0.05, 0.1) is 6.04 Å². The van der Waals surface area contributed by atoms with Gasteiger partial charge in [0.2, 0.25) is 5.91 Å². The number of rotatable bonds is 4. The van der Waals surface area contributed by atoms with Crippen molar-refractivity contribution in [1.29, 1.82) is 0 Å². The van der Waals surface area contributed by atoms with E-state index < -0.39 is 0 Å². The molecule has 4 heteroatoms. The summed E-state index contributed by atoms with van der Waals surface area (Å²) >= 11 is 0. The highest BCUT2D eigenvalue weighted by molar-refractivity contribution is 5.82. The number of carbonyl (C=O) groups excluding carboxylic acids is 1. The van der Waals surface area contributed by atoms with Crippen LogP contribution in [0.2, 0.25) is 0 Å². The third kappa shape index (κ3) is 3.29. The van der Waals surface area contributed by atoms with E-state index in [9.17, 15) is 4.79 Å². The van der Waals surface area contributed by atoms with Crippen molar-refractivity contribution in [2.75, 3.05) is 27.2 Å². The first-order valence-corrected chi connectivity index (χ1v) is 7.82. The zero-order valence-electron chi connectivity index (χ0n) is 12.7. The molecule has 0 bridgehead atoms. The predicted molar refractivity (Wildman–Crippen MR) is 78.1 cm³/mol. The van der Waals surface area contributed by atoms with Crippen LogP contribution in [-0.2, 0) is 4.79 Å². The van der Waals surface area contributed by atoms with E-state index in [0.29, 0.717) is 18.0 Å². The molecule has 1 saturated carbocycles. The zero-order chi connectivity index (χ0) is 13.8. The molecule has 0 aromatic carbocycles. The summed E-state index contributed by atoms with van der Waals surface area (Å²) in [6.07, 6.45) is 7.03. The van der Waals surface area contributed by atoms with Crippen LogP contribution in [-0.4, -0.2) is 61.0 Å². The van der Waals surface area contributed by atoms with E-state index in [1.807, 2.05) is 7.05 Å². The molecule has 110 valence electrons. The Hall–Kier alpha value is -0.610. The fourth-order valence-corrected chi connectivity index (χ4v) is 3.50. The third-order valence-corrected chi connectivity index (χ3v) is 4.98. The topological polar surface area (TPSA) is 35.6 Å². The van der Waals surface area contributed by atoms with Crippen molar-refractivity contribution in [3.8, 4) is 0 Å². The van der Waals surface area contributed by atoms with E-state index in [0.717, 1.165) is 25.9 Å². The summed E-state index contributed by atoms with van der Waals surface area (Å²) in [5.41, 5.74) is 0. The van der Waals surface area contributed by atoms with Gasteiger partial charge in [-0.25, -0.2) is 0 Å². The standard InChI is InChI=1S/C15H29N3O/c1-12-9-11-18(13-6-4-5-7-13)15(19)14(17(12)3)8-10-16-2/h12-14,16H,4-11H2,1-3H3. The average molecular weight is 267 g/mol. The van der Waals surface area contributed by atoms with Crippen molar-refractivity contribution >= 4 is 5.91 Å². The van der Waals surface area contributed by atoms with Crippen LogP contribution in [0.1, 0.15) is 45.4 Å². The molecule has 1 aliphatic carbocycles. The van der Waals surface area contributed by atoms with E-state index in [-0.39, 0.29) is 6.04 Å². The first kappa shape index (κ1) is 14.8. The Morgan fingerprint density at radius 1 is 1.26 bits per heavy atom. The number of amides is 1. The normalized spacial score (nSPS) is 30.9. The monoisotopic (exact) mass is 267 g/mol. The van der Waals surface area contributed by atoms with Crippen molar-refractivity contribution in [3.63, 3.8) is 0 Å². The van der Waals surface area contributed by atoms with Crippen LogP contribution in [0.15, 0.2) is 0 Å². The van der Waals surface area contributed by atoms with Crippen molar-refractivity contribution in [1.82, 2.24) is 15.1 Å². The summed E-state index contributed by atoms with van der Waals surface area (Å²) < 4.78 is 0. The molecule has 0 spiro atoms. The van der Waals surface area contributed by atoms with Gasteiger partial charge < -0.3 is 10.2 Å². The molecular formula is C15H29N3O. The molecule has 2 unspecified atom stereocenters. The second-order valence-electron chi connectivity index (χ2n) is 6.18. The summed E-state index contributed by atoms with van der Waals surface area (Å²) in [6, 6.07) is 1.08. The Bertz CT molecular complexity index is 302. The first-order chi connectivity index (χ1) is 9.15. The molecule has 2 aliphatic rings. The Morgan fingerprint density at radius 2 is 1.95 bits per heavy atom. The van der Waals surface area contributed by atoms with E-state index in [1.165, 1.54) is 25.7 Å². The molecule has 0 aromatic rings. The van der Waals surface area contributed by atoms with E-state index in [2.05, 4.69) is 29.1 Å². The lowest BCUT2D eigenvalue weighted by atomic mass is 10.1. The average Bonchev–Trinajstić information content (AvgIpc) is 2.89. The predicted octanol–water partition coefficient (Wildman–Crippen LogP) is 1.46. The van der Waals surface area contributed by atoms with Gasteiger partial charge in [-0.2, -0.15) is 0 Å². The summed E-state index contributed by atoms with van der Waals surface area (Å²) in [5, 5.41) is 3.18. The molecule has 2 atom stereocenters. The molecule has 0 radical (unpaired) electrons. The molecule has 2 rings (SSSR count). The molecule has 0 aromatic heterocycles. The fourth-order valence-electron chi connectivity index (χ4n) is 3.50. The summed E-state index contributed by atoms with van der Waals surface area (Å²) in [6.45, 7) is 4.11. The van der Waals surface area contributed by atoms with E-state index in [1.54, 1.807) is 0 Å². The van der Waals surface area contributed by atoms with Crippen LogP contribution in [0.5, 0.6) is 0 Å². The number of carbonyl (C=O) groups is 1. The Kier molecular flexibility index (Phi) is 5.22. The van der Waals surface area contributed by atoms with Gasteiger partial charge in [0.15, 0.2) is 0 Å². The lowest BCUT2D eigenvalue weighted by molar-refractivity contribution is -0.137. The van der Waals surface area contributed by atoms with Gasteiger partial charge in [-0.3, -0.25) is 9.69 Å². The number of nitrogens with one attached hydrogen (secondary N) is 1. The van der Waals surface area contributed by atoms with Crippen molar-refractivity contribution in [3.05, 3.63) is 0 Å². The minimum Gasteiger partial charge on any atom is -0.338 e. The van der Waals surface area contributed by atoms with Crippen LogP contribution in [0, 0.1) is 0 Å². The lowest BCUT2D eigenvalue weighted by Gasteiger charge is -2.33. The van der Waals surface area contributed by atoms with Crippen LogP contribution in [0.25, 0.3) is 0 Å². The molecule has 1 heterocycles. The highest BCUT2D eigenvalue weighted by Gasteiger charge is 2.37. The largest absolute Gasteiger partial charge is 0.338 e. The highest BCUT2D eigenvalue weighted by atomic mass is 16.2. The fraction of sp³-hybridized carbons (Fsp3) is 0.933. The minimum absolute atomic E-state index is 0.0607. The quantitative estimate of drug-likeness (QED) is 0.837. The smallest absolute Gasteiger partial charge is 0.240 e. The van der Waals surface area contributed by atoms with Crippen LogP contribution >= 0.6 is 0 Å². The number of likely N-dealkylation sites (N-methyl/N-ethyl adjacent to an activating group) is 1. The van der Waals surface area contributed by atoms with Gasteiger partial charge in [-0.1, -0.05) is 12.8 Å². The number of hydrogen-bond donors (Lipinski definition) is 1. The van der Waals surface area contributed by atoms with E-state index >= 15 is 0 Å². The first-order valence-electron chi connectivity index (χ1n) is 7.82. The second kappa shape index (κ2) is 6.71. The third-order valence-electron chi connectivity index (χ3n) is 4.98. The van der Waals surface area contributed by atoms with Gasteiger partial charge in [-0.15, -0.1) is 0 Å². The van der Waals surface area contributed by atoms with Crippen molar-refractivity contribution < 1.29 is 4.79 Å². The van der Waals surface area contributed by atoms with Crippen LogP contribution in [0.3, 0.4) is 0 Å². The molecule has 19 heavy (non-hydrogen) atoms. The summed E-state index contributed by atoms with van der Waals surface area (Å²) in [5.74, 6) is 0.369. The molecule has 1 amide bonds. The maximum atomic E-state index is 12.9. The summed E-state index contributed by atoms with van der Waals surface area (Å²) in [4.78, 5) is 17.3. The highest BCUT2D eigenvalue weighted by Crippen LogP contribution is 2.27. The van der Waals surface area contributed by atoms with Gasteiger partial charge in [-0.05, 0) is 53.2 Å². The second-order valence-corrected chi connectivity index (χ2v) is 6.18. The zero-order valence-corrected chi connectivity index (χ0v) is 12.7. The Balaban J connectivity index is 2.10. The van der Waals surface area contributed by atoms with Crippen LogP contribution in [0.4, 0.5) is 0 Å². The van der Waals surface area contributed by atoms with E-state index in [4.69, 9.17) is 0 Å². The SMILES string of the molecule is CNCCC1C(=O)N(C2CCCC2)CCC(C)N1C. The van der Waals surface area contributed by atoms with Crippen molar-refractivity contribution in [2.24, 2.45) is 0 Å².